The number of ether oxygens (including phenoxy) is 1. The second kappa shape index (κ2) is 7.38. The van der Waals surface area contributed by atoms with Gasteiger partial charge in [-0.1, -0.05) is 49.7 Å². The van der Waals surface area contributed by atoms with Gasteiger partial charge in [0.05, 0.1) is 23.3 Å². The maximum Gasteiger partial charge on any atom is 0.272 e. The van der Waals surface area contributed by atoms with Gasteiger partial charge in [0.2, 0.25) is 0 Å². The van der Waals surface area contributed by atoms with Crippen LogP contribution in [0, 0.1) is 6.92 Å². The van der Waals surface area contributed by atoms with Crippen LogP contribution in [0.5, 0.6) is 5.75 Å². The molecule has 0 N–H and O–H groups in total. The fraction of sp³-hybridized carbons (Fsp3) is 0.238. The number of hydrogen-bond acceptors (Lipinski definition) is 4. The van der Waals surface area contributed by atoms with Crippen LogP contribution < -0.4 is 9.64 Å². The fourth-order valence-corrected chi connectivity index (χ4v) is 3.80. The van der Waals surface area contributed by atoms with Gasteiger partial charge in [-0.05, 0) is 24.6 Å². The molecule has 0 saturated carbocycles. The Morgan fingerprint density at radius 1 is 1.00 bits per heavy atom. The van der Waals surface area contributed by atoms with Gasteiger partial charge < -0.3 is 4.74 Å². The van der Waals surface area contributed by atoms with Crippen molar-refractivity contribution < 1.29 is 14.3 Å². The molecule has 0 radical (unpaired) electrons. The number of thioether (sulfide) groups is 1. The predicted octanol–water partition coefficient (Wildman–Crippen LogP) is 4.43. The van der Waals surface area contributed by atoms with Crippen molar-refractivity contribution in [3.63, 3.8) is 0 Å². The molecule has 26 heavy (non-hydrogen) atoms. The first-order valence-electron chi connectivity index (χ1n) is 8.43. The number of anilines is 1. The monoisotopic (exact) mass is 367 g/mol. The summed E-state index contributed by atoms with van der Waals surface area (Å²) in [5.74, 6) is 0.0257. The normalized spacial score (nSPS) is 14.6. The minimum absolute atomic E-state index is 0.187. The molecule has 0 aliphatic carbocycles. The summed E-state index contributed by atoms with van der Waals surface area (Å²) in [6.07, 6.45) is 0. The molecule has 0 atom stereocenters. The summed E-state index contributed by atoms with van der Waals surface area (Å²) in [6.45, 7) is 6.01. The van der Waals surface area contributed by atoms with Crippen molar-refractivity contribution in [3.05, 3.63) is 64.6 Å². The van der Waals surface area contributed by atoms with Crippen LogP contribution in [0.15, 0.2) is 53.4 Å². The van der Waals surface area contributed by atoms with E-state index in [-0.39, 0.29) is 17.1 Å². The van der Waals surface area contributed by atoms with Crippen LogP contribution in [0.25, 0.3) is 5.57 Å². The molecule has 1 aliphatic rings. The van der Waals surface area contributed by atoms with E-state index in [1.165, 1.54) is 16.7 Å². The Morgan fingerprint density at radius 2 is 1.69 bits per heavy atom. The number of carbonyl (C=O) groups excluding carboxylic acids is 2. The van der Waals surface area contributed by atoms with Gasteiger partial charge in [-0.2, -0.15) is 0 Å². The molecular weight excluding hydrogens is 346 g/mol. The zero-order valence-corrected chi connectivity index (χ0v) is 16.1. The zero-order valence-electron chi connectivity index (χ0n) is 15.3. The highest BCUT2D eigenvalue weighted by Crippen LogP contribution is 2.40. The number of methoxy groups -OCH3 is 1. The molecule has 0 fully saturated rings. The Bertz CT molecular complexity index is 884. The standard InChI is InChI=1S/C21H21NO3S/c1-13(2)26-19-18(15-10-8-14(3)9-11-15)20(23)22(21(19)24)16-6-5-7-17(12-16)25-4/h5-13H,1-4H3. The van der Waals surface area contributed by atoms with E-state index >= 15 is 0 Å². The Hall–Kier alpha value is -2.53. The van der Waals surface area contributed by atoms with Crippen molar-refractivity contribution in [3.8, 4) is 5.75 Å². The molecule has 3 rings (SSSR count). The summed E-state index contributed by atoms with van der Waals surface area (Å²) in [7, 11) is 1.56. The van der Waals surface area contributed by atoms with Crippen molar-refractivity contribution in [1.82, 2.24) is 0 Å². The van der Waals surface area contributed by atoms with E-state index in [1.54, 1.807) is 31.4 Å². The van der Waals surface area contributed by atoms with Gasteiger partial charge in [0, 0.05) is 11.3 Å². The van der Waals surface area contributed by atoms with E-state index < -0.39 is 0 Å². The van der Waals surface area contributed by atoms with Crippen molar-refractivity contribution in [2.75, 3.05) is 12.0 Å². The first-order valence-corrected chi connectivity index (χ1v) is 9.31. The largest absolute Gasteiger partial charge is 0.497 e. The molecule has 2 aromatic carbocycles. The summed E-state index contributed by atoms with van der Waals surface area (Å²) in [5.41, 5.74) is 2.86. The number of hydrogen-bond donors (Lipinski definition) is 0. The van der Waals surface area contributed by atoms with Gasteiger partial charge in [-0.25, -0.2) is 4.90 Å². The highest BCUT2D eigenvalue weighted by Gasteiger charge is 2.40. The number of nitrogens with zero attached hydrogens (tertiary/aromatic N) is 1. The lowest BCUT2D eigenvalue weighted by Crippen LogP contribution is -2.31. The third-order valence-corrected chi connectivity index (χ3v) is 5.13. The second-order valence-corrected chi connectivity index (χ2v) is 7.97. The minimum atomic E-state index is -0.296. The van der Waals surface area contributed by atoms with Crippen molar-refractivity contribution in [1.29, 1.82) is 0 Å². The van der Waals surface area contributed by atoms with E-state index in [0.29, 0.717) is 21.9 Å². The summed E-state index contributed by atoms with van der Waals surface area (Å²) >= 11 is 1.43. The number of benzene rings is 2. The van der Waals surface area contributed by atoms with Gasteiger partial charge in [0.15, 0.2) is 0 Å². The fourth-order valence-electron chi connectivity index (χ4n) is 2.81. The Kier molecular flexibility index (Phi) is 5.18. The average molecular weight is 367 g/mol. The molecule has 2 aromatic rings. The number of aryl methyl sites for hydroxylation is 1. The number of imide groups is 1. The molecular formula is C21H21NO3S. The lowest BCUT2D eigenvalue weighted by atomic mass is 10.0. The Morgan fingerprint density at radius 3 is 2.31 bits per heavy atom. The second-order valence-electron chi connectivity index (χ2n) is 6.38. The van der Waals surface area contributed by atoms with Crippen molar-refractivity contribution in [2.45, 2.75) is 26.0 Å². The zero-order chi connectivity index (χ0) is 18.8. The first-order chi connectivity index (χ1) is 12.4. The molecule has 0 aromatic heterocycles. The topological polar surface area (TPSA) is 46.6 Å². The van der Waals surface area contributed by atoms with E-state index in [9.17, 15) is 9.59 Å². The van der Waals surface area contributed by atoms with Gasteiger partial charge >= 0.3 is 0 Å². The van der Waals surface area contributed by atoms with Gasteiger partial charge in [-0.15, -0.1) is 11.8 Å². The van der Waals surface area contributed by atoms with E-state index in [0.717, 1.165) is 11.1 Å². The van der Waals surface area contributed by atoms with Crippen LogP contribution in [0.1, 0.15) is 25.0 Å². The van der Waals surface area contributed by atoms with Gasteiger partial charge in [0.25, 0.3) is 11.8 Å². The summed E-state index contributed by atoms with van der Waals surface area (Å²) in [6, 6.07) is 14.7. The number of rotatable bonds is 5. The smallest absolute Gasteiger partial charge is 0.272 e. The number of amides is 2. The maximum atomic E-state index is 13.2. The maximum absolute atomic E-state index is 13.2. The molecule has 0 unspecified atom stereocenters. The molecule has 1 heterocycles. The van der Waals surface area contributed by atoms with Crippen LogP contribution in [-0.4, -0.2) is 24.2 Å². The van der Waals surface area contributed by atoms with Crippen LogP contribution in [0.4, 0.5) is 5.69 Å². The molecule has 5 heteroatoms. The third-order valence-electron chi connectivity index (χ3n) is 4.05. The minimum Gasteiger partial charge on any atom is -0.497 e. The van der Waals surface area contributed by atoms with Crippen LogP contribution in [0.2, 0.25) is 0 Å². The molecule has 1 aliphatic heterocycles. The third kappa shape index (κ3) is 3.40. The summed E-state index contributed by atoms with van der Waals surface area (Å²) < 4.78 is 5.23. The average Bonchev–Trinajstić information content (AvgIpc) is 2.85. The highest BCUT2D eigenvalue weighted by molar-refractivity contribution is 8.04. The van der Waals surface area contributed by atoms with Crippen molar-refractivity contribution in [2.24, 2.45) is 0 Å². The predicted molar refractivity (Wildman–Crippen MR) is 106 cm³/mol. The Balaban J connectivity index is 2.09. The molecule has 0 spiro atoms. The molecule has 134 valence electrons. The Labute approximate surface area is 157 Å². The number of carbonyl (C=O) groups is 2. The molecule has 2 amide bonds. The first kappa shape index (κ1) is 18.3. The van der Waals surface area contributed by atoms with Crippen LogP contribution in [-0.2, 0) is 9.59 Å². The summed E-state index contributed by atoms with van der Waals surface area (Å²) in [5, 5.41) is 0.187. The van der Waals surface area contributed by atoms with Crippen LogP contribution in [0.3, 0.4) is 0 Å². The van der Waals surface area contributed by atoms with Crippen LogP contribution >= 0.6 is 11.8 Å². The molecule has 0 bridgehead atoms. The lowest BCUT2D eigenvalue weighted by molar-refractivity contribution is -0.119. The quantitative estimate of drug-likeness (QED) is 0.734. The van der Waals surface area contributed by atoms with E-state index in [4.69, 9.17) is 4.74 Å². The SMILES string of the molecule is COc1cccc(N2C(=O)C(SC(C)C)=C(c3ccc(C)cc3)C2=O)c1. The highest BCUT2D eigenvalue weighted by atomic mass is 32.2. The van der Waals surface area contributed by atoms with Crippen molar-refractivity contribution >= 4 is 34.8 Å². The lowest BCUT2D eigenvalue weighted by Gasteiger charge is -2.16. The van der Waals surface area contributed by atoms with E-state index in [1.807, 2.05) is 45.0 Å². The van der Waals surface area contributed by atoms with E-state index in [2.05, 4.69) is 0 Å². The summed E-state index contributed by atoms with van der Waals surface area (Å²) in [4.78, 5) is 28.0. The molecule has 4 nitrogen and oxygen atoms in total. The molecule has 0 saturated heterocycles. The van der Waals surface area contributed by atoms with Gasteiger partial charge in [0.1, 0.15) is 5.75 Å². The van der Waals surface area contributed by atoms with Gasteiger partial charge in [-0.3, -0.25) is 9.59 Å².